The summed E-state index contributed by atoms with van der Waals surface area (Å²) in [6.07, 6.45) is 1.72. The number of aliphatic carboxylic acids is 2. The van der Waals surface area contributed by atoms with Crippen molar-refractivity contribution >= 4 is 93.8 Å². The van der Waals surface area contributed by atoms with Gasteiger partial charge in [-0.3, -0.25) is 9.59 Å². The fourth-order valence-corrected chi connectivity index (χ4v) is 6.85. The zero-order valence-corrected chi connectivity index (χ0v) is 45.2. The van der Waals surface area contributed by atoms with E-state index in [1.807, 2.05) is 27.7 Å². The van der Waals surface area contributed by atoms with Gasteiger partial charge < -0.3 is 34.9 Å². The Morgan fingerprint density at radius 2 is 0.912 bits per heavy atom. The normalized spacial score (nSPS) is 13.5. The molecule has 2 aromatic carbocycles. The summed E-state index contributed by atoms with van der Waals surface area (Å²) in [7, 11) is -4.65. The number of anilines is 2. The van der Waals surface area contributed by atoms with E-state index in [1.54, 1.807) is 0 Å². The minimum absolute atomic E-state index is 0. The van der Waals surface area contributed by atoms with Crippen LogP contribution in [0.25, 0.3) is 34.7 Å². The molecule has 0 aliphatic carbocycles. The van der Waals surface area contributed by atoms with Gasteiger partial charge in [-0.15, -0.1) is 0 Å². The van der Waals surface area contributed by atoms with Gasteiger partial charge in [0.05, 0.1) is 72.5 Å². The first-order valence-corrected chi connectivity index (χ1v) is 24.0. The predicted molar refractivity (Wildman–Crippen MR) is 254 cm³/mol. The summed E-state index contributed by atoms with van der Waals surface area (Å²) in [5.41, 5.74) is 3.60. The molecule has 4 rings (SSSR count). The van der Waals surface area contributed by atoms with Crippen molar-refractivity contribution in [3.63, 3.8) is 0 Å². The van der Waals surface area contributed by atoms with Gasteiger partial charge in [0, 0.05) is 49.2 Å². The van der Waals surface area contributed by atoms with Crippen LogP contribution < -0.4 is 38.2 Å². The number of carbonyl (C=O) groups is 2. The monoisotopic (exact) mass is 1030 g/mol. The maximum absolute atomic E-state index is 13.5. The molecule has 24 heteroatoms. The van der Waals surface area contributed by atoms with Gasteiger partial charge in [-0.2, -0.15) is 0 Å². The fraction of sp³-hybridized carbons (Fsp3) is 0.409. The Hall–Kier alpha value is -3.52. The number of halogens is 2. The van der Waals surface area contributed by atoms with Gasteiger partial charge in [0.25, 0.3) is 0 Å². The second-order valence-electron chi connectivity index (χ2n) is 16.0. The Morgan fingerprint density at radius 1 is 0.618 bits per heavy atom. The van der Waals surface area contributed by atoms with E-state index in [0.717, 1.165) is 21.1 Å². The van der Waals surface area contributed by atoms with Gasteiger partial charge in [0.15, 0.2) is 0 Å². The van der Waals surface area contributed by atoms with Crippen molar-refractivity contribution < 1.29 is 99.7 Å². The summed E-state index contributed by atoms with van der Waals surface area (Å²) in [6.45, 7) is 7.41. The SMILES string of the molecule is CC(C)c1nc(N(C)S(C)(=O)=O)nc(-c2ccc(F)cc2)c1C=C[C@@H](O)C[C@@H](O)CC(=O)O.CC(C)c1nc(N(C)S(C)(=O)=O)nc(-c2ccc(F)cc2)c1C=C[C@@H](O)C[C@@H](O)CC(=O)O.[Ca+2].[H-].[H-].[H-].[Na+]. The summed E-state index contributed by atoms with van der Waals surface area (Å²) in [5.74, 6) is -3.74. The van der Waals surface area contributed by atoms with Crippen molar-refractivity contribution in [3.8, 4) is 22.5 Å². The number of hydrogen-bond acceptors (Lipinski definition) is 14. The van der Waals surface area contributed by atoms with Gasteiger partial charge >= 0.3 is 79.2 Å². The molecule has 0 bridgehead atoms. The van der Waals surface area contributed by atoms with Gasteiger partial charge in [0.1, 0.15) is 11.6 Å². The van der Waals surface area contributed by atoms with Crippen molar-refractivity contribution in [1.82, 2.24) is 19.9 Å². The van der Waals surface area contributed by atoms with E-state index < -0.39 is 80.9 Å². The number of carboxylic acids is 2. The van der Waals surface area contributed by atoms with Crippen LogP contribution in [-0.2, 0) is 29.6 Å². The molecule has 0 saturated carbocycles. The standard InChI is InChI=1S/2C22H28FN3O6S.Ca.Na.3H/c2*1-13(2)20-18(10-9-16(27)11-17(28)12-19(29)30)21(14-5-7-15(23)8-6-14)25-22(24-20)26(3)33(4,31)32;;;;;/h2*5-10,13,16-17,27-28H,11-12H2,1-4H3,(H,29,30);;;;;/q;;+2;+1;3*-1/t2*16-,17-;;;;;/m11...../s1. The minimum atomic E-state index is -3.65. The third-order valence-electron chi connectivity index (χ3n) is 9.63. The Morgan fingerprint density at radius 3 is 1.16 bits per heavy atom. The summed E-state index contributed by atoms with van der Waals surface area (Å²) in [5, 5.41) is 57.6. The largest absolute Gasteiger partial charge is 2.00 e. The second kappa shape index (κ2) is 27.8. The molecule has 0 amide bonds. The Balaban J connectivity index is -0.00000122. The first-order valence-electron chi connectivity index (χ1n) is 20.3. The van der Waals surface area contributed by atoms with Crippen molar-refractivity contribution in [2.75, 3.05) is 35.2 Å². The molecule has 0 spiro atoms. The number of sulfonamides is 2. The maximum atomic E-state index is 13.5. The number of benzene rings is 2. The zero-order chi connectivity index (χ0) is 49.8. The molecule has 0 aliphatic rings. The average Bonchev–Trinajstić information content (AvgIpc) is 3.20. The number of carboxylic acid groups (broad SMARTS) is 2. The Labute approximate surface area is 451 Å². The fourth-order valence-electron chi connectivity index (χ4n) is 6.09. The molecule has 18 nitrogen and oxygen atoms in total. The molecule has 68 heavy (non-hydrogen) atoms. The van der Waals surface area contributed by atoms with Crippen molar-refractivity contribution in [2.24, 2.45) is 0 Å². The molecule has 4 atom stereocenters. The van der Waals surface area contributed by atoms with E-state index in [2.05, 4.69) is 19.9 Å². The molecule has 2 heterocycles. The number of nitrogens with zero attached hydrogens (tertiary/aromatic N) is 6. The quantitative estimate of drug-likeness (QED) is 0.0688. The number of aliphatic hydroxyl groups is 4. The minimum Gasteiger partial charge on any atom is -1.00 e. The molecule has 0 unspecified atom stereocenters. The van der Waals surface area contributed by atoms with Crippen molar-refractivity contribution in [2.45, 2.75) is 89.6 Å². The van der Waals surface area contributed by atoms with Gasteiger partial charge in [-0.05, 0) is 60.4 Å². The van der Waals surface area contributed by atoms with E-state index in [-0.39, 0.29) is 108 Å². The molecule has 6 N–H and O–H groups in total. The first-order chi connectivity index (χ1) is 30.6. The zero-order valence-electron chi connectivity index (χ0n) is 42.3. The van der Waals surface area contributed by atoms with Crippen LogP contribution in [0.5, 0.6) is 0 Å². The van der Waals surface area contributed by atoms with Crippen LogP contribution in [0.2, 0.25) is 0 Å². The molecular weight excluding hydrogens is 970 g/mol. The van der Waals surface area contributed by atoms with E-state index in [9.17, 15) is 55.6 Å². The summed E-state index contributed by atoms with van der Waals surface area (Å²) in [6, 6.07) is 11.0. The number of aliphatic hydroxyl groups excluding tert-OH is 4. The van der Waals surface area contributed by atoms with E-state index in [4.69, 9.17) is 10.2 Å². The molecule has 2 aromatic heterocycles. The molecule has 0 radical (unpaired) electrons. The third kappa shape index (κ3) is 19.3. The third-order valence-corrected chi connectivity index (χ3v) is 11.9. The van der Waals surface area contributed by atoms with Gasteiger partial charge in [-0.25, -0.2) is 54.2 Å². The smallest absolute Gasteiger partial charge is 1.00 e. The first kappa shape index (κ1) is 62.5. The van der Waals surface area contributed by atoms with E-state index in [1.165, 1.54) is 86.9 Å². The van der Waals surface area contributed by atoms with Crippen LogP contribution in [0.3, 0.4) is 0 Å². The number of hydrogen-bond donors (Lipinski definition) is 6. The number of aromatic nitrogens is 4. The average molecular weight is 1030 g/mol. The van der Waals surface area contributed by atoms with E-state index >= 15 is 0 Å². The molecule has 0 fully saturated rings. The van der Waals surface area contributed by atoms with Crippen LogP contribution in [-0.4, -0.2) is 168 Å². The van der Waals surface area contributed by atoms with Crippen LogP contribution >= 0.6 is 0 Å². The second-order valence-corrected chi connectivity index (χ2v) is 20.0. The predicted octanol–water partition coefficient (Wildman–Crippen LogP) is 1.76. The van der Waals surface area contributed by atoms with Crippen molar-refractivity contribution in [3.05, 3.63) is 94.8 Å². The van der Waals surface area contributed by atoms with Crippen LogP contribution in [0.4, 0.5) is 20.7 Å². The van der Waals surface area contributed by atoms with Crippen LogP contribution in [0.1, 0.15) is 92.0 Å². The van der Waals surface area contributed by atoms with Crippen LogP contribution in [0, 0.1) is 11.6 Å². The Kier molecular flexibility index (Phi) is 25.5. The summed E-state index contributed by atoms with van der Waals surface area (Å²) in [4.78, 5) is 39.1. The topological polar surface area (TPSA) is 282 Å². The van der Waals surface area contributed by atoms with Gasteiger partial charge in [-0.1, -0.05) is 52.0 Å². The molecule has 366 valence electrons. The molecule has 4 aromatic rings. The summed E-state index contributed by atoms with van der Waals surface area (Å²) >= 11 is 0. The maximum Gasteiger partial charge on any atom is 2.00 e. The molecule has 0 aliphatic heterocycles. The molecule has 0 saturated heterocycles. The van der Waals surface area contributed by atoms with E-state index in [0.29, 0.717) is 45.0 Å². The molecular formula is C44H59CaF2N6NaO12S2. The van der Waals surface area contributed by atoms with Crippen LogP contribution in [0.15, 0.2) is 60.7 Å². The van der Waals surface area contributed by atoms with Crippen molar-refractivity contribution in [1.29, 1.82) is 0 Å². The number of rotatable bonds is 20. The Bertz CT molecular complexity index is 2450. The van der Waals surface area contributed by atoms with Gasteiger partial charge in [0.2, 0.25) is 31.9 Å². The summed E-state index contributed by atoms with van der Waals surface area (Å²) < 4.78 is 77.2.